The molecule has 1 aromatic rings. The van der Waals surface area contributed by atoms with E-state index in [1.807, 2.05) is 17.0 Å². The average Bonchev–Trinajstić information content (AvgIpc) is 2.68. The van der Waals surface area contributed by atoms with Crippen LogP contribution in [0.1, 0.15) is 25.0 Å². The summed E-state index contributed by atoms with van der Waals surface area (Å²) >= 11 is 0. The summed E-state index contributed by atoms with van der Waals surface area (Å²) in [5, 5.41) is 9.00. The zero-order valence-corrected chi connectivity index (χ0v) is 12.4. The quantitative estimate of drug-likeness (QED) is 0.867. The summed E-state index contributed by atoms with van der Waals surface area (Å²) in [5.41, 5.74) is 2.47. The van der Waals surface area contributed by atoms with E-state index >= 15 is 0 Å². The molecule has 0 amide bonds. The van der Waals surface area contributed by atoms with Crippen molar-refractivity contribution in [1.82, 2.24) is 4.90 Å². The Labute approximate surface area is 120 Å². The van der Waals surface area contributed by atoms with Gasteiger partial charge in [0.1, 0.15) is 11.9 Å². The Morgan fingerprint density at radius 3 is 2.90 bits per heavy atom. The summed E-state index contributed by atoms with van der Waals surface area (Å²) in [6.45, 7) is 7.79. The topological polar surface area (TPSA) is 49.8 Å². The highest BCUT2D eigenvalue weighted by Crippen LogP contribution is 2.29. The number of fused-ring (bicyclic) bond motifs is 1. The molecule has 1 atom stereocenters. The van der Waals surface area contributed by atoms with Crippen LogP contribution in [-0.2, 0) is 11.2 Å². The number of nitrogens with zero attached hydrogens (tertiary/aromatic N) is 1. The van der Waals surface area contributed by atoms with Gasteiger partial charge in [-0.05, 0) is 24.5 Å². The van der Waals surface area contributed by atoms with Crippen molar-refractivity contribution in [2.45, 2.75) is 33.3 Å². The number of rotatable bonds is 6. The van der Waals surface area contributed by atoms with E-state index in [-0.39, 0.29) is 12.6 Å². The van der Waals surface area contributed by atoms with Crippen molar-refractivity contribution in [3.05, 3.63) is 29.3 Å². The van der Waals surface area contributed by atoms with Gasteiger partial charge >= 0.3 is 5.97 Å². The molecule has 110 valence electrons. The van der Waals surface area contributed by atoms with Gasteiger partial charge in [0.2, 0.25) is 0 Å². The minimum absolute atomic E-state index is 0.0601. The maximum atomic E-state index is 10.9. The highest BCUT2D eigenvalue weighted by molar-refractivity contribution is 5.69. The van der Waals surface area contributed by atoms with Crippen LogP contribution in [-0.4, -0.2) is 41.7 Å². The molecule has 4 heteroatoms. The minimum Gasteiger partial charge on any atom is -0.488 e. The first-order valence-corrected chi connectivity index (χ1v) is 7.14. The molecule has 1 aliphatic heterocycles. The van der Waals surface area contributed by atoms with Crippen molar-refractivity contribution >= 4 is 5.97 Å². The number of aliphatic carboxylic acids is 1. The Bertz CT molecular complexity index is 485. The fourth-order valence-electron chi connectivity index (χ4n) is 2.75. The summed E-state index contributed by atoms with van der Waals surface area (Å²) in [4.78, 5) is 12.9. The Hall–Kier alpha value is -1.55. The van der Waals surface area contributed by atoms with Crippen LogP contribution in [0, 0.1) is 12.8 Å². The number of aryl methyl sites for hydroxylation is 1. The van der Waals surface area contributed by atoms with Crippen LogP contribution in [0.25, 0.3) is 0 Å². The molecule has 1 unspecified atom stereocenters. The summed E-state index contributed by atoms with van der Waals surface area (Å²) in [6.07, 6.45) is 0.926. The van der Waals surface area contributed by atoms with Crippen LogP contribution in [0.2, 0.25) is 0 Å². The van der Waals surface area contributed by atoms with Gasteiger partial charge in [0.15, 0.2) is 0 Å². The maximum absolute atomic E-state index is 10.9. The third-order valence-electron chi connectivity index (χ3n) is 3.40. The third kappa shape index (κ3) is 3.97. The molecule has 1 heterocycles. The summed E-state index contributed by atoms with van der Waals surface area (Å²) in [5.74, 6) is 0.609. The van der Waals surface area contributed by atoms with Crippen molar-refractivity contribution in [3.8, 4) is 5.75 Å². The van der Waals surface area contributed by atoms with Crippen molar-refractivity contribution in [2.24, 2.45) is 5.92 Å². The molecule has 2 rings (SSSR count). The van der Waals surface area contributed by atoms with E-state index in [0.29, 0.717) is 12.5 Å². The molecule has 0 bridgehead atoms. The SMILES string of the molecule is Cc1ccc2c(c1)CC(CN(CC(=O)O)CC(C)C)O2. The first kappa shape index (κ1) is 14.9. The molecule has 1 N–H and O–H groups in total. The number of hydrogen-bond acceptors (Lipinski definition) is 3. The summed E-state index contributed by atoms with van der Waals surface area (Å²) in [6, 6.07) is 6.21. The summed E-state index contributed by atoms with van der Waals surface area (Å²) in [7, 11) is 0. The minimum atomic E-state index is -0.781. The van der Waals surface area contributed by atoms with Crippen molar-refractivity contribution in [3.63, 3.8) is 0 Å². The number of benzene rings is 1. The highest BCUT2D eigenvalue weighted by atomic mass is 16.5. The predicted molar refractivity (Wildman–Crippen MR) is 78.2 cm³/mol. The van der Waals surface area contributed by atoms with Gasteiger partial charge in [-0.25, -0.2) is 0 Å². The van der Waals surface area contributed by atoms with Crippen LogP contribution in [0.3, 0.4) is 0 Å². The maximum Gasteiger partial charge on any atom is 0.317 e. The normalized spacial score (nSPS) is 17.4. The average molecular weight is 277 g/mol. The Morgan fingerprint density at radius 2 is 2.25 bits per heavy atom. The molecular formula is C16H23NO3. The van der Waals surface area contributed by atoms with Gasteiger partial charge in [0.25, 0.3) is 0 Å². The highest BCUT2D eigenvalue weighted by Gasteiger charge is 2.25. The van der Waals surface area contributed by atoms with Crippen LogP contribution >= 0.6 is 0 Å². The monoisotopic (exact) mass is 277 g/mol. The standard InChI is InChI=1S/C16H23NO3/c1-11(2)8-17(10-16(18)19)9-14-7-13-6-12(3)4-5-15(13)20-14/h4-6,11,14H,7-10H2,1-3H3,(H,18,19). The zero-order valence-electron chi connectivity index (χ0n) is 12.4. The number of carbonyl (C=O) groups is 1. The zero-order chi connectivity index (χ0) is 14.7. The van der Waals surface area contributed by atoms with Gasteiger partial charge in [-0.1, -0.05) is 31.5 Å². The Balaban J connectivity index is 1.97. The van der Waals surface area contributed by atoms with E-state index in [2.05, 4.69) is 26.8 Å². The molecule has 1 aromatic carbocycles. The van der Waals surface area contributed by atoms with E-state index in [4.69, 9.17) is 9.84 Å². The van der Waals surface area contributed by atoms with Crippen molar-refractivity contribution < 1.29 is 14.6 Å². The molecule has 0 radical (unpaired) electrons. The molecule has 4 nitrogen and oxygen atoms in total. The van der Waals surface area contributed by atoms with Gasteiger partial charge in [-0.3, -0.25) is 9.69 Å². The third-order valence-corrected chi connectivity index (χ3v) is 3.40. The van der Waals surface area contributed by atoms with E-state index in [1.165, 1.54) is 11.1 Å². The molecule has 0 fully saturated rings. The van der Waals surface area contributed by atoms with Crippen LogP contribution in [0.15, 0.2) is 18.2 Å². The van der Waals surface area contributed by atoms with Crippen LogP contribution < -0.4 is 4.74 Å². The second-order valence-corrected chi connectivity index (χ2v) is 6.04. The molecule has 0 aromatic heterocycles. The lowest BCUT2D eigenvalue weighted by Gasteiger charge is -2.25. The van der Waals surface area contributed by atoms with Gasteiger partial charge in [-0.2, -0.15) is 0 Å². The molecule has 0 saturated carbocycles. The van der Waals surface area contributed by atoms with Gasteiger partial charge in [0, 0.05) is 19.5 Å². The Morgan fingerprint density at radius 1 is 1.50 bits per heavy atom. The second-order valence-electron chi connectivity index (χ2n) is 6.04. The van der Waals surface area contributed by atoms with E-state index in [9.17, 15) is 4.79 Å². The molecule has 0 spiro atoms. The number of hydrogen-bond donors (Lipinski definition) is 1. The predicted octanol–water partition coefficient (Wildman–Crippen LogP) is 2.34. The Kier molecular flexibility index (Phi) is 4.65. The van der Waals surface area contributed by atoms with E-state index in [1.54, 1.807) is 0 Å². The lowest BCUT2D eigenvalue weighted by Crippen LogP contribution is -2.40. The number of carboxylic acids is 1. The molecule has 1 aliphatic rings. The van der Waals surface area contributed by atoms with Crippen molar-refractivity contribution in [2.75, 3.05) is 19.6 Å². The first-order chi connectivity index (χ1) is 9.44. The fourth-order valence-corrected chi connectivity index (χ4v) is 2.75. The first-order valence-electron chi connectivity index (χ1n) is 7.14. The van der Waals surface area contributed by atoms with Gasteiger partial charge in [-0.15, -0.1) is 0 Å². The van der Waals surface area contributed by atoms with Crippen molar-refractivity contribution in [1.29, 1.82) is 0 Å². The van der Waals surface area contributed by atoms with E-state index in [0.717, 1.165) is 18.7 Å². The summed E-state index contributed by atoms with van der Waals surface area (Å²) < 4.78 is 5.92. The second kappa shape index (κ2) is 6.27. The van der Waals surface area contributed by atoms with Gasteiger partial charge in [0.05, 0.1) is 6.54 Å². The fraction of sp³-hybridized carbons (Fsp3) is 0.562. The number of carboxylic acid groups (broad SMARTS) is 1. The lowest BCUT2D eigenvalue weighted by molar-refractivity contribution is -0.138. The smallest absolute Gasteiger partial charge is 0.317 e. The lowest BCUT2D eigenvalue weighted by atomic mass is 10.1. The molecular weight excluding hydrogens is 254 g/mol. The molecule has 20 heavy (non-hydrogen) atoms. The number of ether oxygens (including phenoxy) is 1. The molecule has 0 saturated heterocycles. The van der Waals surface area contributed by atoms with Crippen LogP contribution in [0.5, 0.6) is 5.75 Å². The van der Waals surface area contributed by atoms with E-state index < -0.39 is 5.97 Å². The van der Waals surface area contributed by atoms with Crippen LogP contribution in [0.4, 0.5) is 0 Å². The van der Waals surface area contributed by atoms with Gasteiger partial charge < -0.3 is 9.84 Å². The largest absolute Gasteiger partial charge is 0.488 e. The molecule has 0 aliphatic carbocycles.